The fourth-order valence-corrected chi connectivity index (χ4v) is 2.48. The number of nitrogens with one attached hydrogen (secondary N) is 1. The number of imidazole rings is 1. The van der Waals surface area contributed by atoms with Crippen LogP contribution in [0.2, 0.25) is 0 Å². The Morgan fingerprint density at radius 2 is 1.85 bits per heavy atom. The molecule has 0 aliphatic carbocycles. The van der Waals surface area contributed by atoms with Gasteiger partial charge in [-0.1, -0.05) is 6.07 Å². The Morgan fingerprint density at radius 1 is 1.10 bits per heavy atom. The molecule has 0 spiro atoms. The van der Waals surface area contributed by atoms with Crippen LogP contribution in [-0.2, 0) is 0 Å². The number of aromatic nitrogens is 2. The third-order valence-electron chi connectivity index (χ3n) is 3.36. The van der Waals surface area contributed by atoms with Gasteiger partial charge in [-0.15, -0.1) is 0 Å². The van der Waals surface area contributed by atoms with E-state index in [4.69, 9.17) is 9.72 Å². The van der Waals surface area contributed by atoms with Gasteiger partial charge in [-0.05, 0) is 62.2 Å². The Labute approximate surface area is 118 Å². The number of benzene rings is 2. The molecule has 3 rings (SSSR count). The molecule has 0 bridgehead atoms. The summed E-state index contributed by atoms with van der Waals surface area (Å²) in [4.78, 5) is 8.10. The van der Waals surface area contributed by atoms with Gasteiger partial charge in [0.15, 0.2) is 0 Å². The number of hydrogen-bond acceptors (Lipinski definition) is 2. The van der Waals surface area contributed by atoms with Crippen molar-refractivity contribution in [1.82, 2.24) is 9.97 Å². The van der Waals surface area contributed by atoms with Crippen LogP contribution in [0, 0.1) is 13.8 Å². The third kappa shape index (κ3) is 2.27. The van der Waals surface area contributed by atoms with Gasteiger partial charge in [0.1, 0.15) is 11.6 Å². The Balaban J connectivity index is 2.03. The van der Waals surface area contributed by atoms with E-state index in [1.54, 1.807) is 0 Å². The van der Waals surface area contributed by atoms with E-state index in [0.717, 1.165) is 28.2 Å². The fourth-order valence-electron chi connectivity index (χ4n) is 2.48. The zero-order chi connectivity index (χ0) is 14.1. The molecule has 20 heavy (non-hydrogen) atoms. The minimum atomic E-state index is 0.683. The number of H-pyrrole nitrogens is 1. The lowest BCUT2D eigenvalue weighted by atomic mass is 10.1. The summed E-state index contributed by atoms with van der Waals surface area (Å²) >= 11 is 0. The molecule has 1 heterocycles. The molecule has 0 fully saturated rings. The second-order valence-electron chi connectivity index (χ2n) is 5.02. The number of rotatable bonds is 3. The van der Waals surface area contributed by atoms with Crippen LogP contribution in [-0.4, -0.2) is 16.6 Å². The van der Waals surface area contributed by atoms with Crippen LogP contribution < -0.4 is 4.74 Å². The Bertz CT molecular complexity index is 742. The number of fused-ring (bicyclic) bond motifs is 1. The van der Waals surface area contributed by atoms with E-state index in [9.17, 15) is 0 Å². The van der Waals surface area contributed by atoms with Gasteiger partial charge in [0.25, 0.3) is 0 Å². The highest BCUT2D eigenvalue weighted by atomic mass is 16.5. The Kier molecular flexibility index (Phi) is 3.18. The predicted molar refractivity (Wildman–Crippen MR) is 82.2 cm³/mol. The van der Waals surface area contributed by atoms with E-state index in [-0.39, 0.29) is 0 Å². The van der Waals surface area contributed by atoms with Crippen molar-refractivity contribution in [1.29, 1.82) is 0 Å². The second kappa shape index (κ2) is 5.00. The van der Waals surface area contributed by atoms with Gasteiger partial charge in [0, 0.05) is 5.56 Å². The average molecular weight is 266 g/mol. The summed E-state index contributed by atoms with van der Waals surface area (Å²) in [6, 6.07) is 12.3. The first-order valence-corrected chi connectivity index (χ1v) is 6.87. The molecule has 0 aliphatic heterocycles. The average Bonchev–Trinajstić information content (AvgIpc) is 2.84. The zero-order valence-electron chi connectivity index (χ0n) is 12.0. The maximum absolute atomic E-state index is 5.46. The van der Waals surface area contributed by atoms with Crippen molar-refractivity contribution >= 4 is 11.0 Å². The molecule has 0 unspecified atom stereocenters. The normalized spacial score (nSPS) is 10.9. The van der Waals surface area contributed by atoms with Crippen LogP contribution in [0.3, 0.4) is 0 Å². The smallest absolute Gasteiger partial charge is 0.138 e. The lowest BCUT2D eigenvalue weighted by Gasteiger charge is -2.02. The first-order valence-electron chi connectivity index (χ1n) is 6.87. The summed E-state index contributed by atoms with van der Waals surface area (Å²) in [5.74, 6) is 1.79. The van der Waals surface area contributed by atoms with Gasteiger partial charge in [-0.2, -0.15) is 0 Å². The number of nitrogens with zero attached hydrogens (tertiary/aromatic N) is 1. The van der Waals surface area contributed by atoms with Crippen LogP contribution in [0.4, 0.5) is 0 Å². The highest BCUT2D eigenvalue weighted by Crippen LogP contribution is 2.25. The molecule has 3 nitrogen and oxygen atoms in total. The van der Waals surface area contributed by atoms with Crippen molar-refractivity contribution in [2.45, 2.75) is 20.8 Å². The van der Waals surface area contributed by atoms with Crippen LogP contribution in [0.1, 0.15) is 18.1 Å². The van der Waals surface area contributed by atoms with Crippen molar-refractivity contribution < 1.29 is 4.74 Å². The molecule has 102 valence electrons. The van der Waals surface area contributed by atoms with Gasteiger partial charge >= 0.3 is 0 Å². The predicted octanol–water partition coefficient (Wildman–Crippen LogP) is 4.25. The molecule has 0 aliphatic rings. The molecule has 1 N–H and O–H groups in total. The highest BCUT2D eigenvalue weighted by molar-refractivity contribution is 5.83. The monoisotopic (exact) mass is 266 g/mol. The maximum atomic E-state index is 5.46. The van der Waals surface area contributed by atoms with Crippen molar-refractivity contribution in [3.63, 3.8) is 0 Å². The number of aryl methyl sites for hydroxylation is 2. The second-order valence-corrected chi connectivity index (χ2v) is 5.02. The molecule has 3 aromatic rings. The molecule has 3 heteroatoms. The standard InChI is InChI=1S/C17H18N2O/c1-4-20-14-7-5-13(6-8-14)17-18-15-10-11(2)9-12(3)16(15)19-17/h5-10H,4H2,1-3H3,(H,18,19). The highest BCUT2D eigenvalue weighted by Gasteiger charge is 2.08. The van der Waals surface area contributed by atoms with Gasteiger partial charge < -0.3 is 9.72 Å². The lowest BCUT2D eigenvalue weighted by Crippen LogP contribution is -1.90. The molecule has 2 aromatic carbocycles. The molecular weight excluding hydrogens is 248 g/mol. The molecule has 0 saturated carbocycles. The van der Waals surface area contributed by atoms with E-state index in [0.29, 0.717) is 6.61 Å². The van der Waals surface area contributed by atoms with Gasteiger partial charge in [0.05, 0.1) is 17.6 Å². The molecule has 0 radical (unpaired) electrons. The van der Waals surface area contributed by atoms with Crippen LogP contribution >= 0.6 is 0 Å². The number of aromatic amines is 1. The number of hydrogen-bond donors (Lipinski definition) is 1. The zero-order valence-corrected chi connectivity index (χ0v) is 12.0. The molecule has 0 amide bonds. The summed E-state index contributed by atoms with van der Waals surface area (Å²) in [6.07, 6.45) is 0. The minimum absolute atomic E-state index is 0.683. The van der Waals surface area contributed by atoms with Crippen LogP contribution in [0.15, 0.2) is 36.4 Å². The van der Waals surface area contributed by atoms with Crippen molar-refractivity contribution in [2.75, 3.05) is 6.61 Å². The van der Waals surface area contributed by atoms with Crippen molar-refractivity contribution in [2.24, 2.45) is 0 Å². The van der Waals surface area contributed by atoms with E-state index in [1.165, 1.54) is 11.1 Å². The van der Waals surface area contributed by atoms with Gasteiger partial charge in [0.2, 0.25) is 0 Å². The molecule has 0 saturated heterocycles. The topological polar surface area (TPSA) is 37.9 Å². The first kappa shape index (κ1) is 12.7. The van der Waals surface area contributed by atoms with Gasteiger partial charge in [-0.3, -0.25) is 0 Å². The summed E-state index contributed by atoms with van der Waals surface area (Å²) in [5, 5.41) is 0. The van der Waals surface area contributed by atoms with Gasteiger partial charge in [-0.25, -0.2) is 4.98 Å². The number of ether oxygens (including phenoxy) is 1. The SMILES string of the molecule is CCOc1ccc(-c2nc3c(C)cc(C)cc3[nH]2)cc1. The largest absolute Gasteiger partial charge is 0.494 e. The van der Waals surface area contributed by atoms with E-state index in [2.05, 4.69) is 31.0 Å². The Hall–Kier alpha value is -2.29. The van der Waals surface area contributed by atoms with Crippen LogP contribution in [0.5, 0.6) is 5.75 Å². The van der Waals surface area contributed by atoms with Crippen LogP contribution in [0.25, 0.3) is 22.4 Å². The van der Waals surface area contributed by atoms with E-state index >= 15 is 0 Å². The summed E-state index contributed by atoms with van der Waals surface area (Å²) in [7, 11) is 0. The fraction of sp³-hybridized carbons (Fsp3) is 0.235. The summed E-state index contributed by atoms with van der Waals surface area (Å²) < 4.78 is 5.46. The molecule has 1 aromatic heterocycles. The third-order valence-corrected chi connectivity index (χ3v) is 3.36. The van der Waals surface area contributed by atoms with Crippen molar-refractivity contribution in [3.05, 3.63) is 47.5 Å². The quantitative estimate of drug-likeness (QED) is 0.769. The lowest BCUT2D eigenvalue weighted by molar-refractivity contribution is 0.340. The van der Waals surface area contributed by atoms with E-state index < -0.39 is 0 Å². The van der Waals surface area contributed by atoms with Crippen molar-refractivity contribution in [3.8, 4) is 17.1 Å². The summed E-state index contributed by atoms with van der Waals surface area (Å²) in [6.45, 7) is 6.86. The first-order chi connectivity index (χ1) is 9.67. The minimum Gasteiger partial charge on any atom is -0.494 e. The maximum Gasteiger partial charge on any atom is 0.138 e. The van der Waals surface area contributed by atoms with E-state index in [1.807, 2.05) is 31.2 Å². The molecule has 0 atom stereocenters. The molecular formula is C17H18N2O. The summed E-state index contributed by atoms with van der Waals surface area (Å²) in [5.41, 5.74) is 5.65. The Morgan fingerprint density at radius 3 is 2.55 bits per heavy atom.